The van der Waals surface area contributed by atoms with Crippen LogP contribution in [0.3, 0.4) is 0 Å². The second-order valence-corrected chi connectivity index (χ2v) is 12.7. The molecule has 3 fully saturated rings. The summed E-state index contributed by atoms with van der Waals surface area (Å²) in [6.07, 6.45) is 5.71. The number of para-hydroxylation sites is 1. The molecule has 3 aliphatic rings. The van der Waals surface area contributed by atoms with Crippen LogP contribution in [0.5, 0.6) is 0 Å². The Morgan fingerprint density at radius 2 is 2.03 bits per heavy atom. The lowest BCUT2D eigenvalue weighted by Gasteiger charge is -2.38. The van der Waals surface area contributed by atoms with Crippen molar-refractivity contribution in [1.82, 2.24) is 4.90 Å². The molecule has 3 unspecified atom stereocenters. The highest BCUT2D eigenvalue weighted by Crippen LogP contribution is 2.68. The molecule has 0 aliphatic carbocycles. The molecule has 1 aromatic carbocycles. The Morgan fingerprint density at radius 1 is 1.27 bits per heavy atom. The summed E-state index contributed by atoms with van der Waals surface area (Å²) < 4.78 is 4.65. The quantitative estimate of drug-likeness (QED) is 0.165. The fourth-order valence-electron chi connectivity index (χ4n) is 5.98. The smallest absolute Gasteiger partial charge is 0.311 e. The highest BCUT2D eigenvalue weighted by atomic mass is 79.9. The van der Waals surface area contributed by atoms with E-state index in [-0.39, 0.29) is 41.6 Å². The van der Waals surface area contributed by atoms with Crippen LogP contribution >= 0.6 is 39.3 Å². The molecule has 1 spiro atoms. The van der Waals surface area contributed by atoms with Crippen molar-refractivity contribution < 1.29 is 24.2 Å². The number of aliphatic hydroxyl groups excluding tert-OH is 1. The van der Waals surface area contributed by atoms with Crippen LogP contribution in [-0.2, 0) is 19.1 Å². The zero-order valence-electron chi connectivity index (χ0n) is 20.6. The molecular formula is C27H32BrClN2O5S. The molecule has 37 heavy (non-hydrogen) atoms. The number of benzene rings is 1. The first-order chi connectivity index (χ1) is 17.8. The molecule has 3 heterocycles. The number of thioether (sulfide) groups is 1. The minimum atomic E-state index is -0.775. The third kappa shape index (κ3) is 5.00. The van der Waals surface area contributed by atoms with E-state index in [4.69, 9.17) is 16.3 Å². The molecule has 2 amide bonds. The largest absolute Gasteiger partial charge is 0.461 e. The maximum absolute atomic E-state index is 14.4. The Kier molecular flexibility index (Phi) is 9.09. The van der Waals surface area contributed by atoms with Gasteiger partial charge in [-0.3, -0.25) is 14.4 Å². The predicted molar refractivity (Wildman–Crippen MR) is 150 cm³/mol. The molecular weight excluding hydrogens is 580 g/mol. The van der Waals surface area contributed by atoms with E-state index in [1.165, 1.54) is 6.08 Å². The van der Waals surface area contributed by atoms with Gasteiger partial charge in [0.1, 0.15) is 12.6 Å². The van der Waals surface area contributed by atoms with Crippen LogP contribution in [0.25, 0.3) is 0 Å². The van der Waals surface area contributed by atoms with Crippen LogP contribution in [0, 0.1) is 11.8 Å². The van der Waals surface area contributed by atoms with E-state index in [1.54, 1.807) is 45.8 Å². The van der Waals surface area contributed by atoms with Crippen LogP contribution in [0.4, 0.5) is 5.69 Å². The first-order valence-corrected chi connectivity index (χ1v) is 14.7. The number of fused-ring (bicyclic) bond motifs is 1. The number of hydrogen-bond donors (Lipinski definition) is 1. The molecule has 7 nitrogen and oxygen atoms in total. The minimum absolute atomic E-state index is 0.0411. The van der Waals surface area contributed by atoms with E-state index >= 15 is 0 Å². The first-order valence-electron chi connectivity index (χ1n) is 12.5. The number of alkyl halides is 1. The van der Waals surface area contributed by atoms with Gasteiger partial charge in [-0.05, 0) is 37.8 Å². The second-order valence-electron chi connectivity index (χ2n) is 9.59. The topological polar surface area (TPSA) is 87.1 Å². The Hall–Kier alpha value is -1.81. The summed E-state index contributed by atoms with van der Waals surface area (Å²) in [6, 6.07) is 6.34. The van der Waals surface area contributed by atoms with Gasteiger partial charge in [-0.2, -0.15) is 0 Å². The van der Waals surface area contributed by atoms with Gasteiger partial charge in [0.15, 0.2) is 0 Å². The first kappa shape index (κ1) is 28.2. The zero-order chi connectivity index (χ0) is 26.7. The Morgan fingerprint density at radius 3 is 2.70 bits per heavy atom. The summed E-state index contributed by atoms with van der Waals surface area (Å²) in [4.78, 5) is 44.9. The number of likely N-dealkylation sites (tertiary alicyclic amines) is 1. The van der Waals surface area contributed by atoms with Gasteiger partial charge < -0.3 is 19.6 Å². The molecule has 4 rings (SSSR count). The van der Waals surface area contributed by atoms with Crippen molar-refractivity contribution in [1.29, 1.82) is 0 Å². The second kappa shape index (κ2) is 11.9. The van der Waals surface area contributed by atoms with Gasteiger partial charge in [0.2, 0.25) is 5.91 Å². The summed E-state index contributed by atoms with van der Waals surface area (Å²) in [7, 11) is 0. The molecule has 3 aliphatic heterocycles. The van der Waals surface area contributed by atoms with Crippen molar-refractivity contribution in [3.05, 3.63) is 54.6 Å². The molecule has 2 bridgehead atoms. The molecule has 200 valence electrons. The number of hydrogen-bond acceptors (Lipinski definition) is 6. The number of esters is 1. The Labute approximate surface area is 235 Å². The van der Waals surface area contributed by atoms with Crippen LogP contribution in [0.1, 0.15) is 25.7 Å². The molecule has 10 heteroatoms. The predicted octanol–water partition coefficient (Wildman–Crippen LogP) is 4.22. The number of carbonyl (C=O) groups is 3. The van der Waals surface area contributed by atoms with Crippen molar-refractivity contribution in [2.24, 2.45) is 11.8 Å². The molecule has 1 N–H and O–H groups in total. The molecule has 3 saturated heterocycles. The zero-order valence-corrected chi connectivity index (χ0v) is 23.7. The van der Waals surface area contributed by atoms with Crippen molar-refractivity contribution >= 4 is 62.8 Å². The summed E-state index contributed by atoms with van der Waals surface area (Å²) in [5.41, 5.74) is 0.552. The van der Waals surface area contributed by atoms with Crippen LogP contribution in [0.2, 0.25) is 5.02 Å². The summed E-state index contributed by atoms with van der Waals surface area (Å²) in [5.74, 6) is -2.16. The standard InChI is InChI=1S/C27H32BrClN2O5S/c1-3-12-30(19-11-7-6-10-18(19)29)25(34)23-27-16-17(28)22(37-27)20(26(35)36-15-4-2)21(27)24(33)31(23)13-8-5-9-14-32/h3-4,6-7,10-11,17,20-23,32H,1-2,5,8-9,12-16H2/t17?,20-,21-,22-,23?,27?/m0/s1. The van der Waals surface area contributed by atoms with Crippen molar-refractivity contribution in [2.45, 2.75) is 46.5 Å². The molecule has 1 aromatic rings. The van der Waals surface area contributed by atoms with Crippen molar-refractivity contribution in [3.8, 4) is 0 Å². The average molecular weight is 612 g/mol. The van der Waals surface area contributed by atoms with Crippen LogP contribution in [0.15, 0.2) is 49.6 Å². The van der Waals surface area contributed by atoms with Crippen LogP contribution < -0.4 is 4.90 Å². The van der Waals surface area contributed by atoms with Gasteiger partial charge in [-0.15, -0.1) is 18.3 Å². The number of nitrogens with zero attached hydrogens (tertiary/aromatic N) is 2. The number of carbonyl (C=O) groups excluding carboxylic acids is 3. The summed E-state index contributed by atoms with van der Waals surface area (Å²) in [6.45, 7) is 8.18. The lowest BCUT2D eigenvalue weighted by atomic mass is 9.71. The number of aliphatic hydroxyl groups is 1. The Bertz CT molecular complexity index is 1070. The van der Waals surface area contributed by atoms with E-state index in [9.17, 15) is 19.5 Å². The van der Waals surface area contributed by atoms with Gasteiger partial charge in [0.05, 0.1) is 27.3 Å². The normalized spacial score (nSPS) is 29.8. The van der Waals surface area contributed by atoms with Gasteiger partial charge >= 0.3 is 5.97 Å². The molecule has 0 aromatic heterocycles. The number of anilines is 1. The van der Waals surface area contributed by atoms with E-state index in [0.29, 0.717) is 36.5 Å². The number of ether oxygens (including phenoxy) is 1. The lowest BCUT2D eigenvalue weighted by Crippen LogP contribution is -2.55. The van der Waals surface area contributed by atoms with E-state index in [1.807, 2.05) is 6.07 Å². The number of unbranched alkanes of at least 4 members (excludes halogenated alkanes) is 2. The van der Waals surface area contributed by atoms with E-state index in [2.05, 4.69) is 29.1 Å². The monoisotopic (exact) mass is 610 g/mol. The fraction of sp³-hybridized carbons (Fsp3) is 0.519. The highest BCUT2D eigenvalue weighted by molar-refractivity contribution is 9.09. The lowest BCUT2D eigenvalue weighted by molar-refractivity contribution is -0.153. The fourth-order valence-corrected chi connectivity index (χ4v) is 9.81. The SMILES string of the molecule is C=CCOC(=O)[C@H]1[C@H]2C(=O)N(CCCCCO)C(C(=O)N(CC=C)c3ccccc3Cl)C23CC(Br)[C@@H]1S3. The molecule has 0 radical (unpaired) electrons. The maximum atomic E-state index is 14.4. The Balaban J connectivity index is 1.76. The van der Waals surface area contributed by atoms with Crippen LogP contribution in [-0.4, -0.2) is 75.0 Å². The summed E-state index contributed by atoms with van der Waals surface area (Å²) >= 11 is 11.8. The maximum Gasteiger partial charge on any atom is 0.311 e. The number of amides is 2. The van der Waals surface area contributed by atoms with Gasteiger partial charge in [-0.25, -0.2) is 0 Å². The highest BCUT2D eigenvalue weighted by Gasteiger charge is 2.76. The van der Waals surface area contributed by atoms with E-state index < -0.39 is 28.6 Å². The van der Waals surface area contributed by atoms with Crippen molar-refractivity contribution in [2.75, 3.05) is 31.2 Å². The summed E-state index contributed by atoms with van der Waals surface area (Å²) in [5, 5.41) is 9.47. The third-order valence-electron chi connectivity index (χ3n) is 7.42. The minimum Gasteiger partial charge on any atom is -0.461 e. The number of halogens is 2. The number of rotatable bonds is 12. The van der Waals surface area contributed by atoms with E-state index in [0.717, 1.165) is 6.42 Å². The third-order valence-corrected chi connectivity index (χ3v) is 11.0. The van der Waals surface area contributed by atoms with Gasteiger partial charge in [0, 0.05) is 29.8 Å². The van der Waals surface area contributed by atoms with Crippen molar-refractivity contribution in [3.63, 3.8) is 0 Å². The molecule has 6 atom stereocenters. The van der Waals surface area contributed by atoms with Gasteiger partial charge in [0.25, 0.3) is 5.91 Å². The average Bonchev–Trinajstić information content (AvgIpc) is 3.47. The molecule has 0 saturated carbocycles. The van der Waals surface area contributed by atoms with Gasteiger partial charge in [-0.1, -0.05) is 58.4 Å².